The summed E-state index contributed by atoms with van der Waals surface area (Å²) < 4.78 is 3.09. The number of rotatable bonds is 1. The molecule has 0 aromatic carbocycles. The Bertz CT molecular complexity index is 639. The summed E-state index contributed by atoms with van der Waals surface area (Å²) in [5, 5.41) is 0. The van der Waals surface area contributed by atoms with Crippen molar-refractivity contribution in [3.63, 3.8) is 0 Å². The van der Waals surface area contributed by atoms with Gasteiger partial charge in [-0.15, -0.1) is 0 Å². The molecule has 7 heteroatoms. The summed E-state index contributed by atoms with van der Waals surface area (Å²) in [5.74, 6) is 0.648. The number of nitrogens with one attached hydrogen (secondary N) is 1. The maximum atomic E-state index is 5.17. The van der Waals surface area contributed by atoms with Crippen molar-refractivity contribution in [3.8, 4) is 11.5 Å². The van der Waals surface area contributed by atoms with Crippen LogP contribution in [-0.2, 0) is 0 Å². The Kier molecular flexibility index (Phi) is 4.12. The zero-order valence-corrected chi connectivity index (χ0v) is 14.2. The molecule has 3 nitrogen and oxygen atoms in total. The molecule has 0 bridgehead atoms. The molecule has 0 radical (unpaired) electrons. The Hall–Kier alpha value is -0.110. The molecule has 17 heavy (non-hydrogen) atoms. The van der Waals surface area contributed by atoms with Crippen LogP contribution < -0.4 is 0 Å². The van der Waals surface area contributed by atoms with Crippen molar-refractivity contribution in [1.82, 2.24) is 15.0 Å². The lowest BCUT2D eigenvalue weighted by molar-refractivity contribution is 1.06. The number of aromatic nitrogens is 3. The number of hydrogen-bond donors (Lipinski definition) is 1. The molecular formula is C10H6Br3N3S. The molecule has 0 aliphatic rings. The van der Waals surface area contributed by atoms with E-state index >= 15 is 0 Å². The van der Waals surface area contributed by atoms with E-state index in [9.17, 15) is 0 Å². The van der Waals surface area contributed by atoms with Gasteiger partial charge in [0.05, 0.1) is 4.47 Å². The molecule has 2 aromatic heterocycles. The van der Waals surface area contributed by atoms with Crippen LogP contribution in [0.2, 0.25) is 0 Å². The molecule has 0 unspecified atom stereocenters. The highest BCUT2D eigenvalue weighted by Crippen LogP contribution is 2.27. The van der Waals surface area contributed by atoms with Crippen LogP contribution in [-0.4, -0.2) is 15.0 Å². The van der Waals surface area contributed by atoms with Crippen LogP contribution in [0.15, 0.2) is 25.7 Å². The van der Waals surface area contributed by atoms with Crippen LogP contribution >= 0.6 is 60.0 Å². The summed E-state index contributed by atoms with van der Waals surface area (Å²) in [6.07, 6.45) is 1.72. The average molecular weight is 440 g/mol. The molecule has 2 aromatic rings. The lowest BCUT2D eigenvalue weighted by Crippen LogP contribution is -1.97. The molecule has 0 aliphatic carbocycles. The predicted molar refractivity (Wildman–Crippen MR) is 80.5 cm³/mol. The van der Waals surface area contributed by atoms with E-state index in [-0.39, 0.29) is 0 Å². The highest BCUT2D eigenvalue weighted by atomic mass is 79.9. The number of H-pyrrole nitrogens is 1. The maximum absolute atomic E-state index is 5.17. The predicted octanol–water partition coefficient (Wildman–Crippen LogP) is 4.80. The molecule has 0 amide bonds. The van der Waals surface area contributed by atoms with Gasteiger partial charge in [-0.1, -0.05) is 12.2 Å². The first-order chi connectivity index (χ1) is 7.99. The van der Waals surface area contributed by atoms with Gasteiger partial charge in [-0.25, -0.2) is 4.98 Å². The molecule has 0 spiro atoms. The molecule has 88 valence electrons. The quantitative estimate of drug-likeness (QED) is 0.649. The lowest BCUT2D eigenvalue weighted by Gasteiger charge is -2.06. The number of hydrogen-bond acceptors (Lipinski definition) is 3. The summed E-state index contributed by atoms with van der Waals surface area (Å²) in [7, 11) is 0. The minimum Gasteiger partial charge on any atom is -0.341 e. The van der Waals surface area contributed by atoms with E-state index in [1.807, 2.05) is 13.0 Å². The third-order valence-corrected chi connectivity index (χ3v) is 4.63. The Balaban J connectivity index is 2.65. The largest absolute Gasteiger partial charge is 0.341 e. The van der Waals surface area contributed by atoms with Gasteiger partial charge in [0.2, 0.25) is 0 Å². The Labute approximate surface area is 128 Å². The molecule has 2 rings (SSSR count). The minimum atomic E-state index is 0.521. The number of halogens is 3. The van der Waals surface area contributed by atoms with Gasteiger partial charge < -0.3 is 4.98 Å². The smallest absolute Gasteiger partial charge is 0.159 e. The normalized spacial score (nSPS) is 10.6. The Morgan fingerprint density at radius 3 is 2.59 bits per heavy atom. The molecule has 0 atom stereocenters. The second-order valence-electron chi connectivity index (χ2n) is 3.31. The van der Waals surface area contributed by atoms with E-state index in [0.29, 0.717) is 10.5 Å². The van der Waals surface area contributed by atoms with E-state index in [1.165, 1.54) is 0 Å². The summed E-state index contributed by atoms with van der Waals surface area (Å²) in [6.45, 7) is 1.93. The van der Waals surface area contributed by atoms with Crippen molar-refractivity contribution in [3.05, 3.63) is 36.0 Å². The van der Waals surface area contributed by atoms with Gasteiger partial charge in [0.15, 0.2) is 5.82 Å². The molecule has 0 saturated carbocycles. The van der Waals surface area contributed by atoms with Crippen molar-refractivity contribution in [1.29, 1.82) is 0 Å². The van der Waals surface area contributed by atoms with Crippen LogP contribution in [0, 0.1) is 11.6 Å². The van der Waals surface area contributed by atoms with Crippen molar-refractivity contribution in [2.45, 2.75) is 6.92 Å². The van der Waals surface area contributed by atoms with Gasteiger partial charge in [-0.05, 0) is 60.8 Å². The number of pyridine rings is 1. The molecule has 1 N–H and O–H groups in total. The molecule has 0 saturated heterocycles. The van der Waals surface area contributed by atoms with Crippen LogP contribution in [0.5, 0.6) is 0 Å². The first-order valence-corrected chi connectivity index (χ1v) is 7.35. The van der Waals surface area contributed by atoms with E-state index < -0.39 is 0 Å². The van der Waals surface area contributed by atoms with Gasteiger partial charge in [-0.2, -0.15) is 0 Å². The number of nitrogens with zero attached hydrogens (tertiary/aromatic N) is 2. The summed E-state index contributed by atoms with van der Waals surface area (Å²) in [4.78, 5) is 11.8. The Morgan fingerprint density at radius 2 is 2.00 bits per heavy atom. The fraction of sp³-hybridized carbons (Fsp3) is 0.100. The van der Waals surface area contributed by atoms with Crippen LogP contribution in [0.4, 0.5) is 0 Å². The summed E-state index contributed by atoms with van der Waals surface area (Å²) >= 11 is 15.4. The zero-order chi connectivity index (χ0) is 12.6. The van der Waals surface area contributed by atoms with Gasteiger partial charge in [0.1, 0.15) is 10.3 Å². The molecule has 0 fully saturated rings. The van der Waals surface area contributed by atoms with E-state index in [4.69, 9.17) is 12.2 Å². The zero-order valence-electron chi connectivity index (χ0n) is 8.59. The van der Waals surface area contributed by atoms with E-state index in [1.54, 1.807) is 6.20 Å². The monoisotopic (exact) mass is 437 g/mol. The van der Waals surface area contributed by atoms with Gasteiger partial charge in [0, 0.05) is 20.8 Å². The van der Waals surface area contributed by atoms with Crippen LogP contribution in [0.3, 0.4) is 0 Å². The SMILES string of the molecule is Cc1[nH]c(-c2ncc(Br)cc2Br)nc(=S)c1Br. The maximum Gasteiger partial charge on any atom is 0.159 e. The summed E-state index contributed by atoms with van der Waals surface area (Å²) in [6, 6.07) is 1.91. The first kappa shape index (κ1) is 13.3. The standard InChI is InChI=1S/C10H6Br3N3S/c1-4-7(13)10(17)16-9(15-4)8-6(12)2-5(11)3-14-8/h2-3H,1H3,(H,15,16,17). The topological polar surface area (TPSA) is 41.6 Å². The van der Waals surface area contributed by atoms with Crippen molar-refractivity contribution >= 4 is 60.0 Å². The molecule has 2 heterocycles. The molecule has 0 aliphatic heterocycles. The number of aryl methyl sites for hydroxylation is 1. The van der Waals surface area contributed by atoms with Crippen LogP contribution in [0.25, 0.3) is 11.5 Å². The van der Waals surface area contributed by atoms with E-state index in [0.717, 1.165) is 24.8 Å². The van der Waals surface area contributed by atoms with Crippen molar-refractivity contribution in [2.24, 2.45) is 0 Å². The van der Waals surface area contributed by atoms with Gasteiger partial charge in [0.25, 0.3) is 0 Å². The van der Waals surface area contributed by atoms with Crippen molar-refractivity contribution < 1.29 is 0 Å². The lowest BCUT2D eigenvalue weighted by atomic mass is 10.3. The van der Waals surface area contributed by atoms with Crippen LogP contribution in [0.1, 0.15) is 5.69 Å². The van der Waals surface area contributed by atoms with Gasteiger partial charge in [-0.3, -0.25) is 4.98 Å². The minimum absolute atomic E-state index is 0.521. The highest BCUT2D eigenvalue weighted by Gasteiger charge is 2.10. The second kappa shape index (κ2) is 5.26. The molecular weight excluding hydrogens is 434 g/mol. The highest BCUT2D eigenvalue weighted by molar-refractivity contribution is 9.11. The van der Waals surface area contributed by atoms with Crippen molar-refractivity contribution in [2.75, 3.05) is 0 Å². The fourth-order valence-corrected chi connectivity index (χ4v) is 2.88. The Morgan fingerprint density at radius 1 is 1.29 bits per heavy atom. The third-order valence-electron chi connectivity index (χ3n) is 2.07. The van der Waals surface area contributed by atoms with E-state index in [2.05, 4.69) is 62.7 Å². The third kappa shape index (κ3) is 2.83. The second-order valence-corrected chi connectivity index (χ2v) is 6.26. The average Bonchev–Trinajstić information content (AvgIpc) is 2.25. The summed E-state index contributed by atoms with van der Waals surface area (Å²) in [5.41, 5.74) is 1.66. The van der Waals surface area contributed by atoms with Gasteiger partial charge >= 0.3 is 0 Å². The fourth-order valence-electron chi connectivity index (χ4n) is 1.27. The number of aromatic amines is 1. The first-order valence-electron chi connectivity index (χ1n) is 4.57.